The molecular formula is C48H31N3. The summed E-state index contributed by atoms with van der Waals surface area (Å²) in [5, 5.41) is 7.46. The summed E-state index contributed by atoms with van der Waals surface area (Å²) >= 11 is 0. The van der Waals surface area contributed by atoms with Crippen LogP contribution >= 0.6 is 0 Å². The molecule has 51 heavy (non-hydrogen) atoms. The molecule has 8 aromatic carbocycles. The second kappa shape index (κ2) is 10.8. The Hall–Kier alpha value is -6.84. The van der Waals surface area contributed by atoms with Crippen LogP contribution in [0.5, 0.6) is 0 Å². The van der Waals surface area contributed by atoms with Crippen molar-refractivity contribution >= 4 is 65.4 Å². The zero-order valence-corrected chi connectivity index (χ0v) is 27.7. The third kappa shape index (κ3) is 4.00. The van der Waals surface area contributed by atoms with Crippen LogP contribution in [0.25, 0.3) is 93.6 Å². The van der Waals surface area contributed by atoms with Gasteiger partial charge in [-0.25, -0.2) is 0 Å². The molecule has 3 heterocycles. The van der Waals surface area contributed by atoms with Gasteiger partial charge in [0, 0.05) is 43.7 Å². The van der Waals surface area contributed by atoms with Crippen LogP contribution in [0.3, 0.4) is 0 Å². The molecule has 0 N–H and O–H groups in total. The van der Waals surface area contributed by atoms with E-state index in [2.05, 4.69) is 202 Å². The second-order valence-electron chi connectivity index (χ2n) is 13.3. The number of hydrogen-bond acceptors (Lipinski definition) is 0. The number of benzene rings is 8. The molecule has 0 fully saturated rings. The monoisotopic (exact) mass is 649 g/mol. The smallest absolute Gasteiger partial charge is 0.0789 e. The van der Waals surface area contributed by atoms with Crippen LogP contribution in [0.4, 0.5) is 0 Å². The molecule has 238 valence electrons. The maximum atomic E-state index is 2.53. The highest BCUT2D eigenvalue weighted by Crippen LogP contribution is 2.44. The highest BCUT2D eigenvalue weighted by Gasteiger charge is 2.23. The normalized spacial score (nSPS) is 11.9. The van der Waals surface area contributed by atoms with Gasteiger partial charge in [-0.2, -0.15) is 0 Å². The quantitative estimate of drug-likeness (QED) is 0.180. The third-order valence-corrected chi connectivity index (χ3v) is 10.6. The van der Waals surface area contributed by atoms with Gasteiger partial charge in [0.1, 0.15) is 0 Å². The minimum atomic E-state index is 1.14. The summed E-state index contributed by atoms with van der Waals surface area (Å²) in [6.07, 6.45) is 0. The predicted octanol–water partition coefficient (Wildman–Crippen LogP) is 12.6. The summed E-state index contributed by atoms with van der Waals surface area (Å²) in [5.41, 5.74) is 13.1. The lowest BCUT2D eigenvalue weighted by Gasteiger charge is -2.14. The molecule has 0 unspecified atom stereocenters. The number of aromatic nitrogens is 3. The Bertz CT molecular complexity index is 3110. The Morgan fingerprint density at radius 3 is 1.39 bits per heavy atom. The molecule has 3 aromatic heterocycles. The Labute approximate surface area is 294 Å². The SMILES string of the molecule is c1ccc(-c2ccc(-n3c4ccccc4c4ccc5c6ccccc6n(-c6cccc7c6c6ccccc6n7-c6ccccc6)c5c43)cc2)cc1. The van der Waals surface area contributed by atoms with Crippen molar-refractivity contribution in [2.45, 2.75) is 0 Å². The van der Waals surface area contributed by atoms with Gasteiger partial charge in [0.15, 0.2) is 0 Å². The first-order valence-electron chi connectivity index (χ1n) is 17.5. The number of para-hydroxylation sites is 4. The Morgan fingerprint density at radius 1 is 0.255 bits per heavy atom. The van der Waals surface area contributed by atoms with E-state index in [0.717, 1.165) is 11.4 Å². The molecule has 0 aliphatic rings. The standard InChI is InChI=1S/C48H31N3/c1-3-14-32(15-4-1)33-26-28-35(29-27-33)50-41-21-10-7-18-36(41)38-30-31-39-37-19-8-11-22-42(37)51(48(39)47(38)50)45-25-13-24-44-46(45)40-20-9-12-23-43(40)49(44)34-16-5-2-6-17-34/h1-31H. The van der Waals surface area contributed by atoms with E-state index >= 15 is 0 Å². The van der Waals surface area contributed by atoms with Crippen LogP contribution in [0.2, 0.25) is 0 Å². The summed E-state index contributed by atoms with van der Waals surface area (Å²) in [4.78, 5) is 0. The van der Waals surface area contributed by atoms with Crippen molar-refractivity contribution < 1.29 is 0 Å². The minimum Gasteiger partial charge on any atom is -0.309 e. The van der Waals surface area contributed by atoms with E-state index in [0.29, 0.717) is 0 Å². The van der Waals surface area contributed by atoms with Gasteiger partial charge in [-0.3, -0.25) is 0 Å². The topological polar surface area (TPSA) is 14.8 Å². The van der Waals surface area contributed by atoms with Gasteiger partial charge in [-0.05, 0) is 65.7 Å². The van der Waals surface area contributed by atoms with Gasteiger partial charge in [-0.1, -0.05) is 133 Å². The van der Waals surface area contributed by atoms with Gasteiger partial charge in [0.25, 0.3) is 0 Å². The number of rotatable bonds is 4. The van der Waals surface area contributed by atoms with Gasteiger partial charge in [-0.15, -0.1) is 0 Å². The third-order valence-electron chi connectivity index (χ3n) is 10.6. The molecule has 11 rings (SSSR count). The van der Waals surface area contributed by atoms with Crippen molar-refractivity contribution in [1.82, 2.24) is 13.7 Å². The van der Waals surface area contributed by atoms with Gasteiger partial charge in [0.2, 0.25) is 0 Å². The van der Waals surface area contributed by atoms with Crippen LogP contribution in [0.15, 0.2) is 188 Å². The summed E-state index contributed by atoms with van der Waals surface area (Å²) in [7, 11) is 0. The van der Waals surface area contributed by atoms with Gasteiger partial charge >= 0.3 is 0 Å². The molecule has 0 saturated carbocycles. The van der Waals surface area contributed by atoms with E-state index < -0.39 is 0 Å². The highest BCUT2D eigenvalue weighted by molar-refractivity contribution is 6.25. The van der Waals surface area contributed by atoms with Crippen molar-refractivity contribution in [1.29, 1.82) is 0 Å². The van der Waals surface area contributed by atoms with Crippen LogP contribution in [0, 0.1) is 0 Å². The zero-order valence-electron chi connectivity index (χ0n) is 27.7. The predicted molar refractivity (Wildman–Crippen MR) is 215 cm³/mol. The Morgan fingerprint density at radius 2 is 0.725 bits per heavy atom. The molecule has 3 heteroatoms. The number of hydrogen-bond donors (Lipinski definition) is 0. The molecule has 0 bridgehead atoms. The Kier molecular flexibility index (Phi) is 5.96. The van der Waals surface area contributed by atoms with E-state index in [9.17, 15) is 0 Å². The number of nitrogens with zero attached hydrogens (tertiary/aromatic N) is 3. The van der Waals surface area contributed by atoms with E-state index in [1.165, 1.54) is 82.2 Å². The van der Waals surface area contributed by atoms with Crippen molar-refractivity contribution in [3.05, 3.63) is 188 Å². The number of fused-ring (bicyclic) bond motifs is 10. The fraction of sp³-hybridized carbons (Fsp3) is 0. The van der Waals surface area contributed by atoms with Crippen LogP contribution < -0.4 is 0 Å². The molecule has 0 spiro atoms. The summed E-state index contributed by atoms with van der Waals surface area (Å²) in [6.45, 7) is 0. The molecule has 0 aliphatic carbocycles. The largest absolute Gasteiger partial charge is 0.309 e. The van der Waals surface area contributed by atoms with Crippen molar-refractivity contribution in [3.63, 3.8) is 0 Å². The lowest BCUT2D eigenvalue weighted by Crippen LogP contribution is -1.99. The van der Waals surface area contributed by atoms with Gasteiger partial charge in [0.05, 0.1) is 38.8 Å². The second-order valence-corrected chi connectivity index (χ2v) is 13.3. The van der Waals surface area contributed by atoms with Crippen LogP contribution in [-0.2, 0) is 0 Å². The average molecular weight is 650 g/mol. The van der Waals surface area contributed by atoms with E-state index in [1.54, 1.807) is 0 Å². The summed E-state index contributed by atoms with van der Waals surface area (Å²) in [6, 6.07) is 68.4. The molecule has 11 aromatic rings. The fourth-order valence-electron chi connectivity index (χ4n) is 8.49. The maximum absolute atomic E-state index is 2.53. The molecule has 0 aliphatic heterocycles. The highest BCUT2D eigenvalue weighted by atomic mass is 15.1. The van der Waals surface area contributed by atoms with Crippen LogP contribution in [0.1, 0.15) is 0 Å². The first-order chi connectivity index (χ1) is 25.3. The summed E-state index contributed by atoms with van der Waals surface area (Å²) < 4.78 is 7.41. The van der Waals surface area contributed by atoms with Crippen LogP contribution in [-0.4, -0.2) is 13.7 Å². The van der Waals surface area contributed by atoms with E-state index in [4.69, 9.17) is 0 Å². The van der Waals surface area contributed by atoms with E-state index in [1.807, 2.05) is 0 Å². The maximum Gasteiger partial charge on any atom is 0.0789 e. The zero-order chi connectivity index (χ0) is 33.5. The summed E-state index contributed by atoms with van der Waals surface area (Å²) in [5.74, 6) is 0. The Balaban J connectivity index is 1.30. The molecule has 0 atom stereocenters. The lowest BCUT2D eigenvalue weighted by atomic mass is 10.1. The minimum absolute atomic E-state index is 1.14. The average Bonchev–Trinajstić information content (AvgIpc) is 3.85. The van der Waals surface area contributed by atoms with Crippen molar-refractivity contribution in [2.24, 2.45) is 0 Å². The van der Waals surface area contributed by atoms with Crippen molar-refractivity contribution in [3.8, 4) is 28.2 Å². The molecular weight excluding hydrogens is 619 g/mol. The van der Waals surface area contributed by atoms with E-state index in [-0.39, 0.29) is 0 Å². The van der Waals surface area contributed by atoms with Crippen molar-refractivity contribution in [2.75, 3.05) is 0 Å². The lowest BCUT2D eigenvalue weighted by molar-refractivity contribution is 1.15. The molecule has 0 amide bonds. The molecule has 0 radical (unpaired) electrons. The first-order valence-corrected chi connectivity index (χ1v) is 17.5. The molecule has 0 saturated heterocycles. The first kappa shape index (κ1) is 28.0. The van der Waals surface area contributed by atoms with Gasteiger partial charge < -0.3 is 13.7 Å². The fourth-order valence-corrected chi connectivity index (χ4v) is 8.49. The molecule has 3 nitrogen and oxygen atoms in total.